The van der Waals surface area contributed by atoms with E-state index in [1.807, 2.05) is 12.1 Å². The van der Waals surface area contributed by atoms with Crippen LogP contribution in [0, 0.1) is 5.92 Å². The van der Waals surface area contributed by atoms with Crippen LogP contribution in [-0.2, 0) is 0 Å². The van der Waals surface area contributed by atoms with Gasteiger partial charge in [-0.05, 0) is 69.2 Å². The predicted octanol–water partition coefficient (Wildman–Crippen LogP) is 5.36. The van der Waals surface area contributed by atoms with Gasteiger partial charge in [0.05, 0.1) is 11.1 Å². The molecule has 0 radical (unpaired) electrons. The van der Waals surface area contributed by atoms with Crippen molar-refractivity contribution < 1.29 is 4.74 Å². The lowest BCUT2D eigenvalue weighted by Gasteiger charge is -2.27. The van der Waals surface area contributed by atoms with Crippen LogP contribution in [0.2, 0.25) is 5.02 Å². The van der Waals surface area contributed by atoms with Crippen LogP contribution in [0.3, 0.4) is 0 Å². The Hall–Kier alpha value is -0.730. The van der Waals surface area contributed by atoms with E-state index in [2.05, 4.69) is 32.2 Å². The molecule has 1 atom stereocenters. The fourth-order valence-electron chi connectivity index (χ4n) is 2.89. The molecule has 1 N–H and O–H groups in total. The van der Waals surface area contributed by atoms with Crippen LogP contribution in [-0.4, -0.2) is 12.6 Å². The molecule has 0 aromatic heterocycles. The van der Waals surface area contributed by atoms with Gasteiger partial charge < -0.3 is 10.1 Å². The quantitative estimate of drug-likeness (QED) is 0.764. The molecule has 3 heteroatoms. The smallest absolute Gasteiger partial charge is 0.138 e. The van der Waals surface area contributed by atoms with E-state index >= 15 is 0 Å². The SMILES string of the molecule is CCCNC(C)c1ccc(OC2CCC(C)CC2)c(Cl)c1. The highest BCUT2D eigenvalue weighted by molar-refractivity contribution is 6.32. The van der Waals surface area contributed by atoms with Crippen molar-refractivity contribution in [3.63, 3.8) is 0 Å². The Morgan fingerprint density at radius 1 is 1.29 bits per heavy atom. The summed E-state index contributed by atoms with van der Waals surface area (Å²) in [5.41, 5.74) is 1.22. The number of hydrogen-bond acceptors (Lipinski definition) is 2. The van der Waals surface area contributed by atoms with Crippen LogP contribution in [0.4, 0.5) is 0 Å². The first kappa shape index (κ1) is 16.6. The highest BCUT2D eigenvalue weighted by Gasteiger charge is 2.20. The third kappa shape index (κ3) is 4.89. The molecule has 1 saturated carbocycles. The molecule has 2 rings (SSSR count). The maximum Gasteiger partial charge on any atom is 0.138 e. The molecule has 1 unspecified atom stereocenters. The molecule has 1 aliphatic rings. The zero-order valence-corrected chi connectivity index (χ0v) is 14.2. The van der Waals surface area contributed by atoms with Gasteiger partial charge in [-0.1, -0.05) is 31.5 Å². The predicted molar refractivity (Wildman–Crippen MR) is 90.2 cm³/mol. The van der Waals surface area contributed by atoms with E-state index < -0.39 is 0 Å². The van der Waals surface area contributed by atoms with E-state index in [0.717, 1.165) is 42.5 Å². The van der Waals surface area contributed by atoms with Gasteiger partial charge >= 0.3 is 0 Å². The van der Waals surface area contributed by atoms with Gasteiger partial charge in [-0.25, -0.2) is 0 Å². The minimum atomic E-state index is 0.326. The number of rotatable bonds is 6. The molecule has 0 saturated heterocycles. The average Bonchev–Trinajstić information content (AvgIpc) is 2.49. The molecule has 1 aromatic rings. The van der Waals surface area contributed by atoms with Crippen LogP contribution in [0.1, 0.15) is 64.5 Å². The summed E-state index contributed by atoms with van der Waals surface area (Å²) in [5, 5.41) is 4.21. The van der Waals surface area contributed by atoms with Crippen LogP contribution in [0.15, 0.2) is 18.2 Å². The lowest BCUT2D eigenvalue weighted by atomic mass is 9.89. The lowest BCUT2D eigenvalue weighted by Crippen LogP contribution is -2.23. The van der Waals surface area contributed by atoms with E-state index in [1.54, 1.807) is 0 Å². The maximum atomic E-state index is 6.40. The first-order valence-electron chi connectivity index (χ1n) is 8.29. The van der Waals surface area contributed by atoms with Gasteiger partial charge in [0.1, 0.15) is 5.75 Å². The van der Waals surface area contributed by atoms with E-state index in [-0.39, 0.29) is 0 Å². The number of nitrogens with one attached hydrogen (secondary N) is 1. The first-order valence-corrected chi connectivity index (χ1v) is 8.67. The maximum absolute atomic E-state index is 6.40. The van der Waals surface area contributed by atoms with Crippen molar-refractivity contribution in [1.29, 1.82) is 0 Å². The summed E-state index contributed by atoms with van der Waals surface area (Å²) in [5.74, 6) is 1.68. The molecule has 1 aromatic carbocycles. The highest BCUT2D eigenvalue weighted by Crippen LogP contribution is 2.32. The van der Waals surface area contributed by atoms with Crippen molar-refractivity contribution in [2.45, 2.75) is 65.0 Å². The number of halogens is 1. The Kier molecular flexibility index (Phi) is 6.38. The van der Waals surface area contributed by atoms with Crippen molar-refractivity contribution >= 4 is 11.6 Å². The van der Waals surface area contributed by atoms with Gasteiger partial charge in [-0.2, -0.15) is 0 Å². The molecular weight excluding hydrogens is 282 g/mol. The van der Waals surface area contributed by atoms with Crippen LogP contribution in [0.5, 0.6) is 5.75 Å². The van der Waals surface area contributed by atoms with Gasteiger partial charge in [0, 0.05) is 6.04 Å². The fraction of sp³-hybridized carbons (Fsp3) is 0.667. The van der Waals surface area contributed by atoms with Crippen LogP contribution < -0.4 is 10.1 Å². The van der Waals surface area contributed by atoms with E-state index in [0.29, 0.717) is 12.1 Å². The fourth-order valence-corrected chi connectivity index (χ4v) is 3.12. The Morgan fingerprint density at radius 3 is 2.62 bits per heavy atom. The third-order valence-corrected chi connectivity index (χ3v) is 4.71. The van der Waals surface area contributed by atoms with Crippen molar-refractivity contribution in [1.82, 2.24) is 5.32 Å². The molecular formula is C18H28ClNO. The monoisotopic (exact) mass is 309 g/mol. The Morgan fingerprint density at radius 2 is 2.00 bits per heavy atom. The van der Waals surface area contributed by atoms with Crippen LogP contribution in [0.25, 0.3) is 0 Å². The van der Waals surface area contributed by atoms with Gasteiger partial charge in [0.15, 0.2) is 0 Å². The van der Waals surface area contributed by atoms with Gasteiger partial charge in [-0.15, -0.1) is 0 Å². The van der Waals surface area contributed by atoms with E-state index in [4.69, 9.17) is 16.3 Å². The summed E-state index contributed by atoms with van der Waals surface area (Å²) in [6.45, 7) is 7.69. The van der Waals surface area contributed by atoms with Gasteiger partial charge in [-0.3, -0.25) is 0 Å². The number of hydrogen-bond donors (Lipinski definition) is 1. The van der Waals surface area contributed by atoms with Crippen molar-refractivity contribution in [3.05, 3.63) is 28.8 Å². The van der Waals surface area contributed by atoms with Crippen molar-refractivity contribution in [3.8, 4) is 5.75 Å². The standard InChI is InChI=1S/C18H28ClNO/c1-4-11-20-14(3)15-7-10-18(17(19)12-15)21-16-8-5-13(2)6-9-16/h7,10,12-14,16,20H,4-6,8-9,11H2,1-3H3. The molecule has 0 aliphatic heterocycles. The first-order chi connectivity index (χ1) is 10.1. The average molecular weight is 310 g/mol. The van der Waals surface area contributed by atoms with Gasteiger partial charge in [0.2, 0.25) is 0 Å². The minimum absolute atomic E-state index is 0.326. The third-order valence-electron chi connectivity index (χ3n) is 4.41. The number of ether oxygens (including phenoxy) is 1. The lowest BCUT2D eigenvalue weighted by molar-refractivity contribution is 0.135. The molecule has 0 bridgehead atoms. The minimum Gasteiger partial charge on any atom is -0.489 e. The molecule has 1 aliphatic carbocycles. The second-order valence-corrected chi connectivity index (χ2v) is 6.77. The Labute approximate surface area is 134 Å². The topological polar surface area (TPSA) is 21.3 Å². The Balaban J connectivity index is 1.95. The number of benzene rings is 1. The summed E-state index contributed by atoms with van der Waals surface area (Å²) >= 11 is 6.40. The van der Waals surface area contributed by atoms with Crippen LogP contribution >= 0.6 is 11.6 Å². The molecule has 0 heterocycles. The second kappa shape index (κ2) is 8.05. The summed E-state index contributed by atoms with van der Waals surface area (Å²) in [7, 11) is 0. The van der Waals surface area contributed by atoms with E-state index in [9.17, 15) is 0 Å². The van der Waals surface area contributed by atoms with E-state index in [1.165, 1.54) is 18.4 Å². The van der Waals surface area contributed by atoms with Gasteiger partial charge in [0.25, 0.3) is 0 Å². The summed E-state index contributed by atoms with van der Waals surface area (Å²) in [4.78, 5) is 0. The highest BCUT2D eigenvalue weighted by atomic mass is 35.5. The molecule has 2 nitrogen and oxygen atoms in total. The second-order valence-electron chi connectivity index (χ2n) is 6.37. The summed E-state index contributed by atoms with van der Waals surface area (Å²) < 4.78 is 6.10. The normalized spacial score (nSPS) is 23.8. The zero-order valence-electron chi connectivity index (χ0n) is 13.5. The molecule has 1 fully saturated rings. The molecule has 0 spiro atoms. The molecule has 118 valence electrons. The zero-order chi connectivity index (χ0) is 15.2. The molecule has 0 amide bonds. The largest absolute Gasteiger partial charge is 0.489 e. The van der Waals surface area contributed by atoms with Crippen molar-refractivity contribution in [2.75, 3.05) is 6.54 Å². The summed E-state index contributed by atoms with van der Waals surface area (Å²) in [6.07, 6.45) is 6.29. The summed E-state index contributed by atoms with van der Waals surface area (Å²) in [6, 6.07) is 6.52. The Bertz CT molecular complexity index is 441. The molecule has 21 heavy (non-hydrogen) atoms. The van der Waals surface area contributed by atoms with Crippen molar-refractivity contribution in [2.24, 2.45) is 5.92 Å².